The van der Waals surface area contributed by atoms with Gasteiger partial charge in [0.15, 0.2) is 5.17 Å². The van der Waals surface area contributed by atoms with Gasteiger partial charge in [0.1, 0.15) is 0 Å². The van der Waals surface area contributed by atoms with Crippen molar-refractivity contribution in [3.05, 3.63) is 0 Å². The average molecular weight is 240 g/mol. The number of amidine groups is 1. The first-order valence-electron chi connectivity index (χ1n) is 6.69. The van der Waals surface area contributed by atoms with Crippen LogP contribution >= 0.6 is 11.8 Å². The molecule has 1 heterocycles. The fourth-order valence-electron chi connectivity index (χ4n) is 2.83. The van der Waals surface area contributed by atoms with Crippen LogP contribution < -0.4 is 5.32 Å². The van der Waals surface area contributed by atoms with E-state index in [4.69, 9.17) is 0 Å². The van der Waals surface area contributed by atoms with Crippen LogP contribution in [0.1, 0.15) is 52.4 Å². The molecular formula is C13H24N2S. The Labute approximate surface area is 104 Å². The molecule has 1 saturated carbocycles. The minimum absolute atomic E-state index is 0.396. The second-order valence-corrected chi connectivity index (χ2v) is 6.40. The van der Waals surface area contributed by atoms with Crippen molar-refractivity contribution in [2.24, 2.45) is 10.9 Å². The van der Waals surface area contributed by atoms with Crippen molar-refractivity contribution in [3.8, 4) is 0 Å². The van der Waals surface area contributed by atoms with Crippen LogP contribution in [0.15, 0.2) is 4.99 Å². The van der Waals surface area contributed by atoms with Crippen LogP contribution in [0, 0.1) is 5.92 Å². The van der Waals surface area contributed by atoms with E-state index in [1.807, 2.05) is 11.8 Å². The van der Waals surface area contributed by atoms with E-state index in [1.54, 1.807) is 0 Å². The standard InChI is InChI=1S/C13H24N2S/c1-3-4-8-14-12-15-13(10-16-12)7-5-6-11(2)9-13/h11H,3-10H2,1-2H3,(H,14,15). The van der Waals surface area contributed by atoms with Crippen LogP contribution in [0.5, 0.6) is 0 Å². The van der Waals surface area contributed by atoms with E-state index in [9.17, 15) is 0 Å². The van der Waals surface area contributed by atoms with Gasteiger partial charge in [-0.3, -0.25) is 4.99 Å². The molecular weight excluding hydrogens is 216 g/mol. The molecule has 0 amide bonds. The molecule has 1 spiro atoms. The Hall–Kier alpha value is -0.180. The molecule has 0 aromatic heterocycles. The van der Waals surface area contributed by atoms with Crippen LogP contribution in [0.3, 0.4) is 0 Å². The van der Waals surface area contributed by atoms with Gasteiger partial charge in [-0.25, -0.2) is 0 Å². The fraction of sp³-hybridized carbons (Fsp3) is 0.923. The lowest BCUT2D eigenvalue weighted by atomic mass is 9.78. The summed E-state index contributed by atoms with van der Waals surface area (Å²) in [5.74, 6) is 2.12. The Morgan fingerprint density at radius 1 is 1.56 bits per heavy atom. The second-order valence-electron chi connectivity index (χ2n) is 5.44. The molecule has 0 aromatic rings. The number of aliphatic imine (C=N–C) groups is 1. The molecule has 0 bridgehead atoms. The zero-order valence-electron chi connectivity index (χ0n) is 10.6. The fourth-order valence-corrected chi connectivity index (χ4v) is 4.05. The largest absolute Gasteiger partial charge is 0.359 e. The zero-order chi connectivity index (χ0) is 11.4. The van der Waals surface area contributed by atoms with Gasteiger partial charge in [0.25, 0.3) is 0 Å². The number of unbranched alkanes of at least 4 members (excludes halogenated alkanes) is 1. The highest BCUT2D eigenvalue weighted by Crippen LogP contribution is 2.38. The van der Waals surface area contributed by atoms with Crippen molar-refractivity contribution in [2.45, 2.75) is 57.9 Å². The minimum Gasteiger partial charge on any atom is -0.359 e. The van der Waals surface area contributed by atoms with Crippen LogP contribution in [-0.2, 0) is 0 Å². The number of hydrogen-bond acceptors (Lipinski definition) is 2. The molecule has 1 saturated heterocycles. The summed E-state index contributed by atoms with van der Waals surface area (Å²) in [5, 5.41) is 4.92. The molecule has 92 valence electrons. The lowest BCUT2D eigenvalue weighted by Crippen LogP contribution is -2.47. The van der Waals surface area contributed by atoms with E-state index in [0.29, 0.717) is 5.54 Å². The Morgan fingerprint density at radius 2 is 2.44 bits per heavy atom. The number of rotatable bonds is 3. The molecule has 2 fully saturated rings. The molecule has 3 heteroatoms. The van der Waals surface area contributed by atoms with Gasteiger partial charge in [0.2, 0.25) is 0 Å². The molecule has 2 atom stereocenters. The number of nitrogens with one attached hydrogen (secondary N) is 1. The molecule has 0 radical (unpaired) electrons. The van der Waals surface area contributed by atoms with Gasteiger partial charge in [-0.1, -0.05) is 44.9 Å². The maximum absolute atomic E-state index is 4.66. The SMILES string of the molecule is CCCCN=C1NC2(CCCC(C)C2)CS1. The highest BCUT2D eigenvalue weighted by molar-refractivity contribution is 8.14. The van der Waals surface area contributed by atoms with Crippen molar-refractivity contribution in [1.82, 2.24) is 5.32 Å². The number of hydrogen-bond donors (Lipinski definition) is 1. The minimum atomic E-state index is 0.396. The summed E-state index contributed by atoms with van der Waals surface area (Å²) < 4.78 is 0. The summed E-state index contributed by atoms with van der Waals surface area (Å²) >= 11 is 1.94. The van der Waals surface area contributed by atoms with E-state index in [-0.39, 0.29) is 0 Å². The Bertz CT molecular complexity index is 265. The predicted molar refractivity (Wildman–Crippen MR) is 73.2 cm³/mol. The van der Waals surface area contributed by atoms with E-state index < -0.39 is 0 Å². The average Bonchev–Trinajstić information content (AvgIpc) is 2.62. The van der Waals surface area contributed by atoms with Crippen LogP contribution in [-0.4, -0.2) is 23.0 Å². The van der Waals surface area contributed by atoms with Gasteiger partial charge in [-0.05, 0) is 25.2 Å². The summed E-state index contributed by atoms with van der Waals surface area (Å²) in [6.45, 7) is 5.61. The van der Waals surface area contributed by atoms with Crippen LogP contribution in [0.2, 0.25) is 0 Å². The summed E-state index contributed by atoms with van der Waals surface area (Å²) in [5.41, 5.74) is 0.396. The van der Waals surface area contributed by atoms with Crippen molar-refractivity contribution < 1.29 is 0 Å². The zero-order valence-corrected chi connectivity index (χ0v) is 11.4. The monoisotopic (exact) mass is 240 g/mol. The van der Waals surface area contributed by atoms with Crippen molar-refractivity contribution in [2.75, 3.05) is 12.3 Å². The summed E-state index contributed by atoms with van der Waals surface area (Å²) in [4.78, 5) is 4.66. The van der Waals surface area contributed by atoms with Crippen molar-refractivity contribution in [1.29, 1.82) is 0 Å². The Balaban J connectivity index is 1.88. The third-order valence-corrected chi connectivity index (χ3v) is 4.92. The molecule has 2 unspecified atom stereocenters. The Kier molecular flexibility index (Phi) is 4.17. The van der Waals surface area contributed by atoms with Gasteiger partial charge < -0.3 is 5.32 Å². The lowest BCUT2D eigenvalue weighted by molar-refractivity contribution is 0.242. The lowest BCUT2D eigenvalue weighted by Gasteiger charge is -2.36. The van der Waals surface area contributed by atoms with E-state index in [0.717, 1.165) is 12.5 Å². The van der Waals surface area contributed by atoms with Crippen molar-refractivity contribution in [3.63, 3.8) is 0 Å². The maximum Gasteiger partial charge on any atom is 0.157 e. The highest BCUT2D eigenvalue weighted by atomic mass is 32.2. The number of nitrogens with zero attached hydrogens (tertiary/aromatic N) is 1. The van der Waals surface area contributed by atoms with E-state index in [2.05, 4.69) is 24.2 Å². The van der Waals surface area contributed by atoms with E-state index in [1.165, 1.54) is 49.4 Å². The molecule has 1 aliphatic carbocycles. The third-order valence-electron chi connectivity index (χ3n) is 3.72. The first-order chi connectivity index (χ1) is 7.74. The van der Waals surface area contributed by atoms with Crippen LogP contribution in [0.4, 0.5) is 0 Å². The molecule has 0 aromatic carbocycles. The molecule has 1 aliphatic heterocycles. The van der Waals surface area contributed by atoms with Gasteiger partial charge in [-0.15, -0.1) is 0 Å². The first kappa shape index (κ1) is 12.3. The van der Waals surface area contributed by atoms with E-state index >= 15 is 0 Å². The van der Waals surface area contributed by atoms with Gasteiger partial charge >= 0.3 is 0 Å². The first-order valence-corrected chi connectivity index (χ1v) is 7.68. The predicted octanol–water partition coefficient (Wildman–Crippen LogP) is 3.43. The van der Waals surface area contributed by atoms with Gasteiger partial charge in [-0.2, -0.15) is 0 Å². The number of thioether (sulfide) groups is 1. The normalized spacial score (nSPS) is 36.9. The topological polar surface area (TPSA) is 24.4 Å². The summed E-state index contributed by atoms with van der Waals surface area (Å²) in [6, 6.07) is 0. The van der Waals surface area contributed by atoms with Crippen LogP contribution in [0.25, 0.3) is 0 Å². The van der Waals surface area contributed by atoms with Crippen molar-refractivity contribution >= 4 is 16.9 Å². The Morgan fingerprint density at radius 3 is 3.19 bits per heavy atom. The molecule has 2 rings (SSSR count). The van der Waals surface area contributed by atoms with Gasteiger partial charge in [0, 0.05) is 17.8 Å². The van der Waals surface area contributed by atoms with Gasteiger partial charge in [0.05, 0.1) is 0 Å². The smallest absolute Gasteiger partial charge is 0.157 e. The molecule has 16 heavy (non-hydrogen) atoms. The quantitative estimate of drug-likeness (QED) is 0.764. The highest BCUT2D eigenvalue weighted by Gasteiger charge is 2.40. The molecule has 2 nitrogen and oxygen atoms in total. The maximum atomic E-state index is 4.66. The molecule has 1 N–H and O–H groups in total. The summed E-state index contributed by atoms with van der Waals surface area (Å²) in [7, 11) is 0. The third kappa shape index (κ3) is 2.93. The molecule has 2 aliphatic rings. The second kappa shape index (κ2) is 5.44. The summed E-state index contributed by atoms with van der Waals surface area (Å²) in [6.07, 6.45) is 7.94.